The molecule has 2 aromatic carbocycles. The summed E-state index contributed by atoms with van der Waals surface area (Å²) in [6.07, 6.45) is 0.292. The van der Waals surface area contributed by atoms with E-state index in [1.165, 1.54) is 16.8 Å². The first-order chi connectivity index (χ1) is 12.6. The number of hydrogen-bond acceptors (Lipinski definition) is 4. The van der Waals surface area contributed by atoms with Crippen molar-refractivity contribution in [2.24, 2.45) is 0 Å². The summed E-state index contributed by atoms with van der Waals surface area (Å²) in [4.78, 5) is 17.0. The lowest BCUT2D eigenvalue weighted by Crippen LogP contribution is -2.49. The highest BCUT2D eigenvalue weighted by Crippen LogP contribution is 2.23. The van der Waals surface area contributed by atoms with Crippen LogP contribution in [0.2, 0.25) is 0 Å². The molecular formula is C21H23N3O2. The summed E-state index contributed by atoms with van der Waals surface area (Å²) in [6, 6.07) is 14.2. The monoisotopic (exact) mass is 349 g/mol. The number of nitrogens with zero attached hydrogens (tertiary/aromatic N) is 3. The number of aromatic nitrogens is 1. The number of para-hydroxylation sites is 1. The van der Waals surface area contributed by atoms with Gasteiger partial charge in [-0.2, -0.15) is 0 Å². The molecule has 1 saturated heterocycles. The van der Waals surface area contributed by atoms with Gasteiger partial charge < -0.3 is 14.3 Å². The van der Waals surface area contributed by atoms with Crippen LogP contribution in [0.1, 0.15) is 16.8 Å². The van der Waals surface area contributed by atoms with Gasteiger partial charge in [0.2, 0.25) is 5.91 Å². The quantitative estimate of drug-likeness (QED) is 0.728. The van der Waals surface area contributed by atoms with Crippen molar-refractivity contribution in [3.63, 3.8) is 0 Å². The second kappa shape index (κ2) is 6.83. The van der Waals surface area contributed by atoms with Crippen molar-refractivity contribution in [2.45, 2.75) is 20.3 Å². The van der Waals surface area contributed by atoms with Gasteiger partial charge >= 0.3 is 0 Å². The summed E-state index contributed by atoms with van der Waals surface area (Å²) in [5.41, 5.74) is 5.28. The summed E-state index contributed by atoms with van der Waals surface area (Å²) in [5, 5.41) is 5.01. The maximum absolute atomic E-state index is 12.7. The molecule has 1 fully saturated rings. The summed E-state index contributed by atoms with van der Waals surface area (Å²) in [6.45, 7) is 7.45. The fourth-order valence-electron chi connectivity index (χ4n) is 3.58. The van der Waals surface area contributed by atoms with Gasteiger partial charge in [-0.1, -0.05) is 29.4 Å². The molecule has 5 heteroatoms. The van der Waals surface area contributed by atoms with Gasteiger partial charge in [0.05, 0.1) is 6.42 Å². The summed E-state index contributed by atoms with van der Waals surface area (Å²) in [5.74, 6) is 0.115. The van der Waals surface area contributed by atoms with E-state index in [0.717, 1.165) is 42.8 Å². The smallest absolute Gasteiger partial charge is 0.228 e. The molecule has 1 aliphatic rings. The number of anilines is 1. The normalized spacial score (nSPS) is 14.8. The summed E-state index contributed by atoms with van der Waals surface area (Å²) in [7, 11) is 0. The minimum absolute atomic E-state index is 0.115. The molecular weight excluding hydrogens is 326 g/mol. The molecule has 0 saturated carbocycles. The molecule has 1 aliphatic heterocycles. The van der Waals surface area contributed by atoms with E-state index in [2.05, 4.69) is 42.1 Å². The number of aryl methyl sites for hydroxylation is 2. The summed E-state index contributed by atoms with van der Waals surface area (Å²) < 4.78 is 5.31. The number of rotatable bonds is 3. The average Bonchev–Trinajstić information content (AvgIpc) is 3.07. The Kier molecular flexibility index (Phi) is 4.37. The van der Waals surface area contributed by atoms with E-state index in [9.17, 15) is 4.79 Å². The third kappa shape index (κ3) is 3.17. The lowest BCUT2D eigenvalue weighted by molar-refractivity contribution is -0.130. The van der Waals surface area contributed by atoms with Crippen molar-refractivity contribution < 1.29 is 9.32 Å². The molecule has 0 radical (unpaired) electrons. The Balaban J connectivity index is 1.41. The number of piperazine rings is 1. The number of carbonyl (C=O) groups excluding carboxylic acids is 1. The van der Waals surface area contributed by atoms with E-state index < -0.39 is 0 Å². The highest BCUT2D eigenvalue weighted by atomic mass is 16.5. The van der Waals surface area contributed by atoms with Crippen LogP contribution in [0.3, 0.4) is 0 Å². The maximum Gasteiger partial charge on any atom is 0.228 e. The van der Waals surface area contributed by atoms with Crippen LogP contribution in [0, 0.1) is 13.8 Å². The van der Waals surface area contributed by atoms with Crippen LogP contribution in [-0.4, -0.2) is 42.1 Å². The van der Waals surface area contributed by atoms with Gasteiger partial charge in [0, 0.05) is 37.3 Å². The fraction of sp³-hybridized carbons (Fsp3) is 0.333. The molecule has 4 rings (SSSR count). The molecule has 26 heavy (non-hydrogen) atoms. The first-order valence-electron chi connectivity index (χ1n) is 9.05. The van der Waals surface area contributed by atoms with Gasteiger partial charge in [0.1, 0.15) is 5.69 Å². The van der Waals surface area contributed by atoms with Crippen molar-refractivity contribution in [2.75, 3.05) is 31.1 Å². The first-order valence-corrected chi connectivity index (χ1v) is 9.05. The van der Waals surface area contributed by atoms with Crippen LogP contribution in [0.4, 0.5) is 5.69 Å². The molecule has 0 spiro atoms. The maximum atomic E-state index is 12.7. The Morgan fingerprint density at radius 2 is 1.85 bits per heavy atom. The van der Waals surface area contributed by atoms with Gasteiger partial charge in [-0.15, -0.1) is 0 Å². The van der Waals surface area contributed by atoms with E-state index in [-0.39, 0.29) is 5.91 Å². The average molecular weight is 349 g/mol. The van der Waals surface area contributed by atoms with Gasteiger partial charge in [-0.3, -0.25) is 4.79 Å². The predicted molar refractivity (Wildman–Crippen MR) is 102 cm³/mol. The molecule has 0 bridgehead atoms. The predicted octanol–water partition coefficient (Wildman–Crippen LogP) is 3.34. The number of hydrogen-bond donors (Lipinski definition) is 0. The molecule has 0 N–H and O–H groups in total. The van der Waals surface area contributed by atoms with Gasteiger partial charge in [0.25, 0.3) is 0 Å². The Hall–Kier alpha value is -2.82. The zero-order valence-electron chi connectivity index (χ0n) is 15.2. The number of carbonyl (C=O) groups is 1. The van der Waals surface area contributed by atoms with E-state index in [1.807, 2.05) is 29.2 Å². The number of amides is 1. The molecule has 134 valence electrons. The molecule has 2 heterocycles. The van der Waals surface area contributed by atoms with Crippen molar-refractivity contribution in [3.8, 4) is 0 Å². The third-order valence-corrected chi connectivity index (χ3v) is 5.11. The largest absolute Gasteiger partial charge is 0.368 e. The SMILES string of the molecule is Cc1ccc(C)c(N2CCN(C(=O)Cc3noc4ccccc34)CC2)c1. The van der Waals surface area contributed by atoms with Gasteiger partial charge in [-0.05, 0) is 43.2 Å². The number of benzene rings is 2. The topological polar surface area (TPSA) is 49.6 Å². The molecule has 0 unspecified atom stereocenters. The highest BCUT2D eigenvalue weighted by molar-refractivity contribution is 5.86. The summed E-state index contributed by atoms with van der Waals surface area (Å²) >= 11 is 0. The Labute approximate surface area is 153 Å². The van der Waals surface area contributed by atoms with Crippen LogP contribution in [-0.2, 0) is 11.2 Å². The molecule has 5 nitrogen and oxygen atoms in total. The van der Waals surface area contributed by atoms with Gasteiger partial charge in [-0.25, -0.2) is 0 Å². The van der Waals surface area contributed by atoms with Crippen LogP contribution >= 0.6 is 0 Å². The van der Waals surface area contributed by atoms with Crippen LogP contribution in [0.5, 0.6) is 0 Å². The van der Waals surface area contributed by atoms with Crippen molar-refractivity contribution in [3.05, 3.63) is 59.3 Å². The van der Waals surface area contributed by atoms with E-state index in [0.29, 0.717) is 6.42 Å². The Morgan fingerprint density at radius 1 is 1.08 bits per heavy atom. The van der Waals surface area contributed by atoms with Gasteiger partial charge in [0.15, 0.2) is 5.58 Å². The van der Waals surface area contributed by atoms with Crippen molar-refractivity contribution in [1.29, 1.82) is 0 Å². The van der Waals surface area contributed by atoms with E-state index in [1.54, 1.807) is 0 Å². The van der Waals surface area contributed by atoms with Crippen LogP contribution in [0.15, 0.2) is 47.0 Å². The molecule has 0 aliphatic carbocycles. The highest BCUT2D eigenvalue weighted by Gasteiger charge is 2.23. The minimum atomic E-state index is 0.115. The zero-order chi connectivity index (χ0) is 18.1. The van der Waals surface area contributed by atoms with Crippen LogP contribution in [0.25, 0.3) is 11.0 Å². The lowest BCUT2D eigenvalue weighted by atomic mass is 10.1. The van der Waals surface area contributed by atoms with E-state index in [4.69, 9.17) is 4.52 Å². The molecule has 3 aromatic rings. The Bertz CT molecular complexity index is 939. The fourth-order valence-corrected chi connectivity index (χ4v) is 3.58. The van der Waals surface area contributed by atoms with Crippen molar-refractivity contribution >= 4 is 22.6 Å². The lowest BCUT2D eigenvalue weighted by Gasteiger charge is -2.37. The standard InChI is InChI=1S/C21H23N3O2/c1-15-7-8-16(2)19(13-15)23-9-11-24(12-10-23)21(25)14-18-17-5-3-4-6-20(17)26-22-18/h3-8,13H,9-12,14H2,1-2H3. The Morgan fingerprint density at radius 3 is 2.65 bits per heavy atom. The van der Waals surface area contributed by atoms with Crippen molar-refractivity contribution in [1.82, 2.24) is 10.1 Å². The molecule has 0 atom stereocenters. The second-order valence-electron chi connectivity index (χ2n) is 6.96. The minimum Gasteiger partial charge on any atom is -0.368 e. The number of fused-ring (bicyclic) bond motifs is 1. The van der Waals surface area contributed by atoms with E-state index >= 15 is 0 Å². The molecule has 1 aromatic heterocycles. The van der Waals surface area contributed by atoms with Crippen LogP contribution < -0.4 is 4.90 Å². The third-order valence-electron chi connectivity index (χ3n) is 5.11. The molecule has 1 amide bonds. The first kappa shape index (κ1) is 16.6. The second-order valence-corrected chi connectivity index (χ2v) is 6.96. The zero-order valence-corrected chi connectivity index (χ0v) is 15.2.